The van der Waals surface area contributed by atoms with Crippen LogP contribution < -0.4 is 5.32 Å². The molecule has 2 aromatic rings. The standard InChI is InChI=1S/C16H11N3O/c17-10-13-8-4-5-9-15(13)19-16(20)14(11-18)12-6-2-1-3-7-12/h1-9,14H,(H,19,20). The maximum Gasteiger partial charge on any atom is 0.246 e. The van der Waals surface area contributed by atoms with Gasteiger partial charge in [-0.3, -0.25) is 4.79 Å². The van der Waals surface area contributed by atoms with Crippen LogP contribution in [0.25, 0.3) is 0 Å². The second-order valence-electron chi connectivity index (χ2n) is 4.12. The van der Waals surface area contributed by atoms with E-state index in [-0.39, 0.29) is 0 Å². The van der Waals surface area contributed by atoms with E-state index in [0.717, 1.165) is 0 Å². The Morgan fingerprint density at radius 3 is 2.30 bits per heavy atom. The van der Waals surface area contributed by atoms with Crippen LogP contribution in [-0.4, -0.2) is 5.91 Å². The lowest BCUT2D eigenvalue weighted by atomic mass is 9.99. The largest absolute Gasteiger partial charge is 0.323 e. The Kier molecular flexibility index (Phi) is 4.11. The Hall–Kier alpha value is -3.11. The number of nitrogens with one attached hydrogen (secondary N) is 1. The molecule has 0 saturated carbocycles. The van der Waals surface area contributed by atoms with Gasteiger partial charge in [0.2, 0.25) is 5.91 Å². The number of rotatable bonds is 3. The quantitative estimate of drug-likeness (QED) is 0.922. The second-order valence-corrected chi connectivity index (χ2v) is 4.12. The van der Waals surface area contributed by atoms with Gasteiger partial charge >= 0.3 is 0 Å². The van der Waals surface area contributed by atoms with Crippen molar-refractivity contribution in [2.75, 3.05) is 5.32 Å². The summed E-state index contributed by atoms with van der Waals surface area (Å²) in [5.41, 5.74) is 1.41. The summed E-state index contributed by atoms with van der Waals surface area (Å²) in [7, 11) is 0. The zero-order valence-electron chi connectivity index (χ0n) is 10.6. The molecule has 96 valence electrons. The van der Waals surface area contributed by atoms with Gasteiger partial charge in [-0.15, -0.1) is 0 Å². The van der Waals surface area contributed by atoms with Gasteiger partial charge in [0, 0.05) is 0 Å². The molecular weight excluding hydrogens is 250 g/mol. The summed E-state index contributed by atoms with van der Waals surface area (Å²) < 4.78 is 0. The van der Waals surface area contributed by atoms with Crippen LogP contribution in [0.2, 0.25) is 0 Å². The van der Waals surface area contributed by atoms with Gasteiger partial charge in [-0.1, -0.05) is 42.5 Å². The third kappa shape index (κ3) is 2.82. The zero-order valence-corrected chi connectivity index (χ0v) is 10.6. The third-order valence-corrected chi connectivity index (χ3v) is 2.83. The van der Waals surface area contributed by atoms with E-state index >= 15 is 0 Å². The number of benzene rings is 2. The van der Waals surface area contributed by atoms with Crippen molar-refractivity contribution in [3.63, 3.8) is 0 Å². The Labute approximate surface area is 116 Å². The van der Waals surface area contributed by atoms with Crippen LogP contribution >= 0.6 is 0 Å². The third-order valence-electron chi connectivity index (χ3n) is 2.83. The topological polar surface area (TPSA) is 76.7 Å². The smallest absolute Gasteiger partial charge is 0.246 e. The molecule has 0 saturated heterocycles. The summed E-state index contributed by atoms with van der Waals surface area (Å²) in [5, 5.41) is 20.8. The number of nitrogens with zero attached hydrogens (tertiary/aromatic N) is 2. The number of carbonyl (C=O) groups is 1. The van der Waals surface area contributed by atoms with Crippen LogP contribution in [0.3, 0.4) is 0 Å². The van der Waals surface area contributed by atoms with E-state index in [4.69, 9.17) is 5.26 Å². The van der Waals surface area contributed by atoms with Crippen molar-refractivity contribution in [3.05, 3.63) is 65.7 Å². The zero-order chi connectivity index (χ0) is 14.4. The van der Waals surface area contributed by atoms with Crippen molar-refractivity contribution in [3.8, 4) is 12.1 Å². The molecule has 2 aromatic carbocycles. The molecule has 0 aliphatic rings. The molecule has 0 fully saturated rings. The number of amides is 1. The van der Waals surface area contributed by atoms with Gasteiger partial charge in [-0.25, -0.2) is 0 Å². The molecule has 1 N–H and O–H groups in total. The average Bonchev–Trinajstić information content (AvgIpc) is 2.49. The first-order valence-corrected chi connectivity index (χ1v) is 6.01. The Morgan fingerprint density at radius 2 is 1.65 bits per heavy atom. The predicted molar refractivity (Wildman–Crippen MR) is 74.6 cm³/mol. The first-order valence-electron chi connectivity index (χ1n) is 6.01. The first kappa shape index (κ1) is 13.3. The summed E-state index contributed by atoms with van der Waals surface area (Å²) >= 11 is 0. The Balaban J connectivity index is 2.24. The Bertz CT molecular complexity index is 696. The van der Waals surface area contributed by atoms with Gasteiger partial charge in [0.15, 0.2) is 5.92 Å². The lowest BCUT2D eigenvalue weighted by molar-refractivity contribution is -0.116. The molecule has 0 heterocycles. The molecule has 0 spiro atoms. The fraction of sp³-hybridized carbons (Fsp3) is 0.0625. The van der Waals surface area contributed by atoms with E-state index in [1.54, 1.807) is 48.5 Å². The highest BCUT2D eigenvalue weighted by Gasteiger charge is 2.20. The maximum atomic E-state index is 12.2. The van der Waals surface area contributed by atoms with E-state index in [0.29, 0.717) is 16.8 Å². The summed E-state index contributed by atoms with van der Waals surface area (Å²) in [6.45, 7) is 0. The number of nitriles is 2. The minimum Gasteiger partial charge on any atom is -0.323 e. The summed E-state index contributed by atoms with van der Waals surface area (Å²) in [4.78, 5) is 12.2. The van der Waals surface area contributed by atoms with Gasteiger partial charge in [0.25, 0.3) is 0 Å². The molecule has 4 nitrogen and oxygen atoms in total. The molecular formula is C16H11N3O. The fourth-order valence-electron chi connectivity index (χ4n) is 1.82. The minimum atomic E-state index is -0.900. The van der Waals surface area contributed by atoms with E-state index in [2.05, 4.69) is 5.32 Å². The summed E-state index contributed by atoms with van der Waals surface area (Å²) in [6, 6.07) is 19.5. The van der Waals surface area contributed by atoms with Crippen LogP contribution in [0.1, 0.15) is 17.0 Å². The highest BCUT2D eigenvalue weighted by Crippen LogP contribution is 2.19. The van der Waals surface area contributed by atoms with Crippen LogP contribution in [-0.2, 0) is 4.79 Å². The molecule has 2 rings (SSSR count). The van der Waals surface area contributed by atoms with Crippen LogP contribution in [0, 0.1) is 22.7 Å². The molecule has 0 radical (unpaired) electrons. The Morgan fingerprint density at radius 1 is 1.00 bits per heavy atom. The molecule has 20 heavy (non-hydrogen) atoms. The van der Waals surface area contributed by atoms with Crippen LogP contribution in [0.15, 0.2) is 54.6 Å². The number of carbonyl (C=O) groups excluding carboxylic acids is 1. The van der Waals surface area contributed by atoms with Crippen LogP contribution in [0.4, 0.5) is 5.69 Å². The van der Waals surface area contributed by atoms with E-state index in [1.807, 2.05) is 18.2 Å². The highest BCUT2D eigenvalue weighted by atomic mass is 16.1. The number of anilines is 1. The lowest BCUT2D eigenvalue weighted by Gasteiger charge is -2.11. The average molecular weight is 261 g/mol. The SMILES string of the molecule is N#Cc1ccccc1NC(=O)C(C#N)c1ccccc1. The number of hydrogen-bond acceptors (Lipinski definition) is 3. The highest BCUT2D eigenvalue weighted by molar-refractivity contribution is 5.98. The van der Waals surface area contributed by atoms with Crippen molar-refractivity contribution in [1.29, 1.82) is 10.5 Å². The molecule has 0 aromatic heterocycles. The summed E-state index contributed by atoms with van der Waals surface area (Å²) in [6.07, 6.45) is 0. The van der Waals surface area contributed by atoms with Gasteiger partial charge in [0.1, 0.15) is 6.07 Å². The van der Waals surface area contributed by atoms with Gasteiger partial charge in [-0.2, -0.15) is 10.5 Å². The molecule has 1 amide bonds. The number of hydrogen-bond donors (Lipinski definition) is 1. The molecule has 0 aliphatic carbocycles. The van der Waals surface area contributed by atoms with Crippen molar-refractivity contribution < 1.29 is 4.79 Å². The van der Waals surface area contributed by atoms with Crippen molar-refractivity contribution in [2.45, 2.75) is 5.92 Å². The van der Waals surface area contributed by atoms with Gasteiger partial charge in [-0.05, 0) is 17.7 Å². The predicted octanol–water partition coefficient (Wildman–Crippen LogP) is 2.80. The van der Waals surface area contributed by atoms with Gasteiger partial charge in [0.05, 0.1) is 17.3 Å². The van der Waals surface area contributed by atoms with E-state index in [9.17, 15) is 10.1 Å². The fourth-order valence-corrected chi connectivity index (χ4v) is 1.82. The first-order chi connectivity index (χ1) is 9.76. The molecule has 0 bridgehead atoms. The lowest BCUT2D eigenvalue weighted by Crippen LogP contribution is -2.20. The van der Waals surface area contributed by atoms with Crippen molar-refractivity contribution >= 4 is 11.6 Å². The van der Waals surface area contributed by atoms with E-state index < -0.39 is 11.8 Å². The van der Waals surface area contributed by atoms with Crippen LogP contribution in [0.5, 0.6) is 0 Å². The normalized spacial score (nSPS) is 10.9. The monoisotopic (exact) mass is 261 g/mol. The molecule has 4 heteroatoms. The molecule has 1 atom stereocenters. The minimum absolute atomic E-state index is 0.366. The molecule has 1 unspecified atom stereocenters. The molecule has 0 aliphatic heterocycles. The van der Waals surface area contributed by atoms with Crippen molar-refractivity contribution in [1.82, 2.24) is 0 Å². The number of para-hydroxylation sites is 1. The van der Waals surface area contributed by atoms with Gasteiger partial charge < -0.3 is 5.32 Å². The maximum absolute atomic E-state index is 12.2. The second kappa shape index (κ2) is 6.17. The van der Waals surface area contributed by atoms with Crippen molar-refractivity contribution in [2.24, 2.45) is 0 Å². The summed E-state index contributed by atoms with van der Waals surface area (Å²) in [5.74, 6) is -1.34. The van der Waals surface area contributed by atoms with E-state index in [1.165, 1.54) is 0 Å².